The van der Waals surface area contributed by atoms with Gasteiger partial charge in [0.05, 0.1) is 25.4 Å². The van der Waals surface area contributed by atoms with Crippen molar-refractivity contribution >= 4 is 16.3 Å². The summed E-state index contributed by atoms with van der Waals surface area (Å²) in [6, 6.07) is -0.860. The van der Waals surface area contributed by atoms with Crippen molar-refractivity contribution in [3.63, 3.8) is 0 Å². The summed E-state index contributed by atoms with van der Waals surface area (Å²) >= 11 is 0. The Kier molecular flexibility index (Phi) is 37.2. The molecule has 61 heavy (non-hydrogen) atoms. The summed E-state index contributed by atoms with van der Waals surface area (Å²) in [5.41, 5.74) is 0. The van der Waals surface area contributed by atoms with Gasteiger partial charge < -0.3 is 35.2 Å². The zero-order chi connectivity index (χ0) is 44.8. The van der Waals surface area contributed by atoms with Crippen LogP contribution in [0.4, 0.5) is 0 Å². The molecule has 362 valence electrons. The van der Waals surface area contributed by atoms with Gasteiger partial charge in [-0.15, -0.1) is 0 Å². The molecule has 6 N–H and O–H groups in total. The van der Waals surface area contributed by atoms with Crippen LogP contribution in [0.15, 0.2) is 12.2 Å². The Hall–Kier alpha value is -1.16. The van der Waals surface area contributed by atoms with Crippen LogP contribution in [0.1, 0.15) is 232 Å². The zero-order valence-electron chi connectivity index (χ0n) is 38.7. The number of carbonyl (C=O) groups is 1. The van der Waals surface area contributed by atoms with Gasteiger partial charge in [0.1, 0.15) is 24.4 Å². The second-order valence-corrected chi connectivity index (χ2v) is 18.8. The lowest BCUT2D eigenvalue weighted by Crippen LogP contribution is -2.61. The largest absolute Gasteiger partial charge is 0.397 e. The van der Waals surface area contributed by atoms with Gasteiger partial charge in [-0.05, 0) is 32.1 Å². The molecule has 0 saturated carbocycles. The molecule has 0 spiro atoms. The molecule has 1 aliphatic heterocycles. The summed E-state index contributed by atoms with van der Waals surface area (Å²) < 4.78 is 47.6. The van der Waals surface area contributed by atoms with E-state index in [0.29, 0.717) is 12.8 Å². The minimum absolute atomic E-state index is 0.243. The van der Waals surface area contributed by atoms with E-state index in [9.17, 15) is 38.2 Å². The highest BCUT2D eigenvalue weighted by atomic mass is 32.3. The Labute approximate surface area is 372 Å². The molecule has 7 atom stereocenters. The number of hydrogen-bond acceptors (Lipinski definition) is 10. The van der Waals surface area contributed by atoms with Crippen molar-refractivity contribution in [3.8, 4) is 0 Å². The highest BCUT2D eigenvalue weighted by Crippen LogP contribution is 2.26. The highest BCUT2D eigenvalue weighted by molar-refractivity contribution is 7.80. The molecule has 1 amide bonds. The smallest absolute Gasteiger partial charge is 0.394 e. The number of amides is 1. The fourth-order valence-corrected chi connectivity index (χ4v) is 8.66. The van der Waals surface area contributed by atoms with Gasteiger partial charge in [-0.25, -0.2) is 4.18 Å². The maximum absolute atomic E-state index is 13.0. The van der Waals surface area contributed by atoms with E-state index in [-0.39, 0.29) is 18.9 Å². The molecule has 12 nitrogen and oxygen atoms in total. The number of aliphatic hydroxyl groups is 4. The lowest BCUT2D eigenvalue weighted by Gasteiger charge is -2.41. The van der Waals surface area contributed by atoms with Gasteiger partial charge >= 0.3 is 10.4 Å². The summed E-state index contributed by atoms with van der Waals surface area (Å²) in [6.07, 6.45) is 35.2. The molecule has 0 radical (unpaired) electrons. The molecule has 13 heteroatoms. The maximum Gasteiger partial charge on any atom is 0.397 e. The van der Waals surface area contributed by atoms with Gasteiger partial charge in [-0.3, -0.25) is 9.35 Å². The number of nitrogens with one attached hydrogen (secondary N) is 1. The van der Waals surface area contributed by atoms with E-state index < -0.39 is 59.9 Å². The standard InChI is InChI=1S/C48H93NO11S/c1-3-5-7-9-11-13-15-16-17-18-19-20-21-22-23-24-25-26-27-28-29-31-33-35-37-42(51)41(49-44(52)38-36-34-32-30-14-12-10-8-6-4-2)40-58-48-46(54)47(60-61(55,56)57)45(53)43(39-50)59-48/h10,12,41-43,45-48,50-51,53-54H,3-9,11,13-40H2,1-2H3,(H,49,52)(H,55,56,57)/b12-10-. The summed E-state index contributed by atoms with van der Waals surface area (Å²) in [7, 11) is -5.07. The van der Waals surface area contributed by atoms with Gasteiger partial charge in [0.2, 0.25) is 5.91 Å². The number of allylic oxidation sites excluding steroid dienone is 2. The molecule has 0 aliphatic carbocycles. The van der Waals surface area contributed by atoms with E-state index in [1.807, 2.05) is 0 Å². The average molecular weight is 892 g/mol. The minimum Gasteiger partial charge on any atom is -0.394 e. The summed E-state index contributed by atoms with van der Waals surface area (Å²) in [5, 5.41) is 44.8. The quantitative estimate of drug-likeness (QED) is 0.0194. The molecule has 1 aliphatic rings. The lowest BCUT2D eigenvalue weighted by atomic mass is 9.99. The monoisotopic (exact) mass is 892 g/mol. The van der Waals surface area contributed by atoms with Crippen LogP contribution < -0.4 is 5.32 Å². The Morgan fingerprint density at radius 3 is 1.52 bits per heavy atom. The van der Waals surface area contributed by atoms with Gasteiger partial charge in [-0.1, -0.05) is 206 Å². The number of aliphatic hydroxyl groups excluding tert-OH is 4. The predicted octanol–water partition coefficient (Wildman–Crippen LogP) is 10.3. The van der Waals surface area contributed by atoms with Crippen molar-refractivity contribution in [1.29, 1.82) is 0 Å². The summed E-state index contributed by atoms with van der Waals surface area (Å²) in [5.74, 6) is -0.243. The van der Waals surface area contributed by atoms with Crippen molar-refractivity contribution in [2.45, 2.75) is 275 Å². The fourth-order valence-electron chi connectivity index (χ4n) is 8.15. The second-order valence-electron chi connectivity index (χ2n) is 17.8. The number of ether oxygens (including phenoxy) is 2. The first-order chi connectivity index (χ1) is 29.5. The van der Waals surface area contributed by atoms with Gasteiger partial charge in [0.15, 0.2) is 6.29 Å². The molecule has 7 unspecified atom stereocenters. The van der Waals surface area contributed by atoms with Gasteiger partial charge in [-0.2, -0.15) is 8.42 Å². The third kappa shape index (κ3) is 32.2. The first-order valence-corrected chi connectivity index (χ1v) is 26.4. The molecular formula is C48H93NO11S. The van der Waals surface area contributed by atoms with E-state index in [1.54, 1.807) is 0 Å². The Balaban J connectivity index is 2.35. The zero-order valence-corrected chi connectivity index (χ0v) is 39.6. The first kappa shape index (κ1) is 57.9. The molecule has 0 bridgehead atoms. The Morgan fingerprint density at radius 2 is 1.07 bits per heavy atom. The molecule has 0 aromatic heterocycles. The summed E-state index contributed by atoms with van der Waals surface area (Å²) in [4.78, 5) is 13.0. The highest BCUT2D eigenvalue weighted by Gasteiger charge is 2.48. The fraction of sp³-hybridized carbons (Fsp3) is 0.938. The molecule has 0 aromatic carbocycles. The van der Waals surface area contributed by atoms with Crippen LogP contribution in [-0.4, -0.2) is 95.4 Å². The lowest BCUT2D eigenvalue weighted by molar-refractivity contribution is -0.298. The van der Waals surface area contributed by atoms with Crippen LogP contribution >= 0.6 is 0 Å². The van der Waals surface area contributed by atoms with E-state index >= 15 is 0 Å². The SMILES string of the molecule is CCCC/C=C\CCCCCCC(=O)NC(COC1OC(CO)C(O)C(OS(=O)(=O)O)C1O)C(O)CCCCCCCCCCCCCCCCCCCCCCCCCC. The van der Waals surface area contributed by atoms with E-state index in [2.05, 4.69) is 35.5 Å². The van der Waals surface area contributed by atoms with Crippen LogP contribution in [0, 0.1) is 0 Å². The van der Waals surface area contributed by atoms with Crippen molar-refractivity contribution in [2.75, 3.05) is 13.2 Å². The number of hydrogen-bond donors (Lipinski definition) is 6. The molecular weight excluding hydrogens is 799 g/mol. The molecule has 1 fully saturated rings. The molecule has 1 rings (SSSR count). The Morgan fingerprint density at radius 1 is 0.639 bits per heavy atom. The van der Waals surface area contributed by atoms with Crippen LogP contribution in [0.3, 0.4) is 0 Å². The van der Waals surface area contributed by atoms with Crippen molar-refractivity contribution < 1.29 is 51.8 Å². The third-order valence-electron chi connectivity index (χ3n) is 12.1. The Bertz CT molecular complexity index is 1140. The number of unbranched alkanes of at least 4 members (excludes halogenated alkanes) is 29. The normalized spacial score (nSPS) is 20.7. The molecule has 0 aromatic rings. The topological polar surface area (TPSA) is 192 Å². The first-order valence-electron chi connectivity index (χ1n) is 25.1. The van der Waals surface area contributed by atoms with Crippen LogP contribution in [-0.2, 0) is 28.9 Å². The minimum atomic E-state index is -5.07. The second kappa shape index (κ2) is 39.2. The molecule has 1 saturated heterocycles. The summed E-state index contributed by atoms with van der Waals surface area (Å²) in [6.45, 7) is 3.41. The van der Waals surface area contributed by atoms with Gasteiger partial charge in [0, 0.05) is 6.42 Å². The van der Waals surface area contributed by atoms with Crippen LogP contribution in [0.25, 0.3) is 0 Å². The molecule has 1 heterocycles. The van der Waals surface area contributed by atoms with Crippen LogP contribution in [0.2, 0.25) is 0 Å². The maximum atomic E-state index is 13.0. The van der Waals surface area contributed by atoms with Crippen molar-refractivity contribution in [3.05, 3.63) is 12.2 Å². The van der Waals surface area contributed by atoms with E-state index in [0.717, 1.165) is 57.8 Å². The average Bonchev–Trinajstić information content (AvgIpc) is 3.23. The van der Waals surface area contributed by atoms with Gasteiger partial charge in [0.25, 0.3) is 0 Å². The number of rotatable bonds is 43. The predicted molar refractivity (Wildman–Crippen MR) is 246 cm³/mol. The van der Waals surface area contributed by atoms with E-state index in [4.69, 9.17) is 9.47 Å². The van der Waals surface area contributed by atoms with Crippen molar-refractivity contribution in [2.24, 2.45) is 0 Å². The number of carbonyl (C=O) groups excluding carboxylic acids is 1. The van der Waals surface area contributed by atoms with E-state index in [1.165, 1.54) is 141 Å². The van der Waals surface area contributed by atoms with Crippen molar-refractivity contribution in [1.82, 2.24) is 5.32 Å². The van der Waals surface area contributed by atoms with Crippen LogP contribution in [0.5, 0.6) is 0 Å². The third-order valence-corrected chi connectivity index (χ3v) is 12.5.